The number of nitrogens with one attached hydrogen (secondary N) is 1. The van der Waals surface area contributed by atoms with Crippen LogP contribution in [0.25, 0.3) is 0 Å². The number of rotatable bonds is 4. The minimum atomic E-state index is 0.334. The Hall–Kier alpha value is -0.760. The lowest BCUT2D eigenvalue weighted by molar-refractivity contribution is 0.153. The van der Waals surface area contributed by atoms with Gasteiger partial charge in [-0.3, -0.25) is 0 Å². The van der Waals surface area contributed by atoms with Crippen LogP contribution in [0, 0.1) is 6.92 Å². The van der Waals surface area contributed by atoms with Gasteiger partial charge in [0.05, 0.1) is 12.3 Å². The fraction of sp³-hybridized carbons (Fsp3) is 0.692. The van der Waals surface area contributed by atoms with Crippen LogP contribution >= 0.6 is 0 Å². The summed E-state index contributed by atoms with van der Waals surface area (Å²) in [7, 11) is 0. The van der Waals surface area contributed by atoms with E-state index in [0.717, 1.165) is 5.76 Å². The van der Waals surface area contributed by atoms with Gasteiger partial charge in [-0.2, -0.15) is 0 Å². The van der Waals surface area contributed by atoms with E-state index in [2.05, 4.69) is 26.1 Å². The Morgan fingerprint density at radius 3 is 2.67 bits per heavy atom. The molecule has 1 aromatic heterocycles. The molecule has 1 aliphatic carbocycles. The van der Waals surface area contributed by atoms with Gasteiger partial charge in [-0.1, -0.05) is 6.92 Å². The minimum absolute atomic E-state index is 0.334. The molecule has 84 valence electrons. The lowest BCUT2D eigenvalue weighted by Gasteiger charge is -2.44. The summed E-state index contributed by atoms with van der Waals surface area (Å²) in [5.41, 5.74) is 1.64. The first-order valence-corrected chi connectivity index (χ1v) is 5.98. The van der Waals surface area contributed by atoms with Gasteiger partial charge in [-0.25, -0.2) is 0 Å². The van der Waals surface area contributed by atoms with E-state index in [4.69, 9.17) is 4.42 Å². The third kappa shape index (κ3) is 1.96. The standard InChI is InChI=1S/C13H21NO/c1-4-13(7-5-8-13)14-11(3)12-10(2)6-9-15-12/h6,9,11,14H,4-5,7-8H2,1-3H3. The first kappa shape index (κ1) is 10.7. The highest BCUT2D eigenvalue weighted by Crippen LogP contribution is 2.37. The molecule has 2 nitrogen and oxygen atoms in total. The Bertz CT molecular complexity index is 320. The molecule has 1 aromatic rings. The summed E-state index contributed by atoms with van der Waals surface area (Å²) in [6.45, 7) is 6.58. The van der Waals surface area contributed by atoms with Crippen LogP contribution < -0.4 is 5.32 Å². The van der Waals surface area contributed by atoms with Gasteiger partial charge >= 0.3 is 0 Å². The van der Waals surface area contributed by atoms with E-state index < -0.39 is 0 Å². The highest BCUT2D eigenvalue weighted by Gasteiger charge is 2.36. The average Bonchev–Trinajstić information content (AvgIpc) is 2.58. The third-order valence-electron chi connectivity index (χ3n) is 3.81. The van der Waals surface area contributed by atoms with E-state index >= 15 is 0 Å². The molecule has 0 radical (unpaired) electrons. The molecule has 15 heavy (non-hydrogen) atoms. The molecule has 0 aliphatic heterocycles. The lowest BCUT2D eigenvalue weighted by atomic mass is 9.74. The van der Waals surface area contributed by atoms with E-state index in [-0.39, 0.29) is 0 Å². The van der Waals surface area contributed by atoms with Crippen molar-refractivity contribution in [1.82, 2.24) is 5.32 Å². The zero-order valence-corrected chi connectivity index (χ0v) is 9.97. The number of aryl methyl sites for hydroxylation is 1. The molecule has 2 heteroatoms. The molecular formula is C13H21NO. The molecule has 0 amide bonds. The van der Waals surface area contributed by atoms with Crippen LogP contribution in [0.15, 0.2) is 16.7 Å². The van der Waals surface area contributed by atoms with Crippen molar-refractivity contribution in [1.29, 1.82) is 0 Å². The average molecular weight is 207 g/mol. The molecule has 1 heterocycles. The summed E-state index contributed by atoms with van der Waals surface area (Å²) >= 11 is 0. The monoisotopic (exact) mass is 207 g/mol. The van der Waals surface area contributed by atoms with Crippen LogP contribution in [-0.2, 0) is 0 Å². The van der Waals surface area contributed by atoms with Gasteiger partial charge in [0.25, 0.3) is 0 Å². The largest absolute Gasteiger partial charge is 0.467 e. The number of hydrogen-bond acceptors (Lipinski definition) is 2. The van der Waals surface area contributed by atoms with Crippen LogP contribution in [-0.4, -0.2) is 5.54 Å². The normalized spacial score (nSPS) is 21.0. The van der Waals surface area contributed by atoms with Crippen LogP contribution in [0.3, 0.4) is 0 Å². The zero-order chi connectivity index (χ0) is 10.9. The first-order valence-electron chi connectivity index (χ1n) is 5.98. The zero-order valence-electron chi connectivity index (χ0n) is 9.97. The minimum Gasteiger partial charge on any atom is -0.467 e. The van der Waals surface area contributed by atoms with Crippen LogP contribution in [0.2, 0.25) is 0 Å². The lowest BCUT2D eigenvalue weighted by Crippen LogP contribution is -2.51. The highest BCUT2D eigenvalue weighted by molar-refractivity contribution is 5.18. The van der Waals surface area contributed by atoms with Gasteiger partial charge in [0, 0.05) is 5.54 Å². The second kappa shape index (κ2) is 4.01. The Balaban J connectivity index is 2.03. The van der Waals surface area contributed by atoms with Gasteiger partial charge in [-0.15, -0.1) is 0 Å². The second-order valence-corrected chi connectivity index (χ2v) is 4.82. The predicted molar refractivity (Wildman–Crippen MR) is 61.9 cm³/mol. The van der Waals surface area contributed by atoms with Crippen molar-refractivity contribution in [2.24, 2.45) is 0 Å². The van der Waals surface area contributed by atoms with Crippen LogP contribution in [0.4, 0.5) is 0 Å². The molecule has 1 atom stereocenters. The fourth-order valence-electron chi connectivity index (χ4n) is 2.56. The Morgan fingerprint density at radius 2 is 2.27 bits per heavy atom. The van der Waals surface area contributed by atoms with Crippen molar-refractivity contribution in [3.05, 3.63) is 23.7 Å². The number of hydrogen-bond donors (Lipinski definition) is 1. The van der Waals surface area contributed by atoms with Crippen molar-refractivity contribution in [2.75, 3.05) is 0 Å². The smallest absolute Gasteiger partial charge is 0.123 e. The molecule has 0 spiro atoms. The maximum atomic E-state index is 5.52. The fourth-order valence-corrected chi connectivity index (χ4v) is 2.56. The molecule has 0 saturated heterocycles. The van der Waals surface area contributed by atoms with E-state index in [1.54, 1.807) is 6.26 Å². The van der Waals surface area contributed by atoms with E-state index in [1.165, 1.54) is 31.2 Å². The van der Waals surface area contributed by atoms with Gasteiger partial charge in [-0.05, 0) is 51.2 Å². The summed E-state index contributed by atoms with van der Waals surface area (Å²) in [6, 6.07) is 2.37. The van der Waals surface area contributed by atoms with Crippen molar-refractivity contribution in [3.8, 4) is 0 Å². The summed E-state index contributed by atoms with van der Waals surface area (Å²) in [6.07, 6.45) is 6.99. The van der Waals surface area contributed by atoms with E-state index in [9.17, 15) is 0 Å². The van der Waals surface area contributed by atoms with Crippen molar-refractivity contribution < 1.29 is 4.42 Å². The van der Waals surface area contributed by atoms with Gasteiger partial charge in [0.15, 0.2) is 0 Å². The maximum absolute atomic E-state index is 5.52. The van der Waals surface area contributed by atoms with Crippen molar-refractivity contribution in [3.63, 3.8) is 0 Å². The Kier molecular flexibility index (Phi) is 2.87. The molecule has 0 bridgehead atoms. The maximum Gasteiger partial charge on any atom is 0.123 e. The molecule has 2 rings (SSSR count). The molecule has 1 aliphatic rings. The van der Waals surface area contributed by atoms with E-state index in [1.807, 2.05) is 6.07 Å². The summed E-state index contributed by atoms with van der Waals surface area (Å²) in [5, 5.41) is 3.73. The number of furan rings is 1. The van der Waals surface area contributed by atoms with Gasteiger partial charge < -0.3 is 9.73 Å². The van der Waals surface area contributed by atoms with Crippen molar-refractivity contribution in [2.45, 2.75) is 58.0 Å². The van der Waals surface area contributed by atoms with Gasteiger partial charge in [0.2, 0.25) is 0 Å². The molecule has 1 saturated carbocycles. The second-order valence-electron chi connectivity index (χ2n) is 4.82. The highest BCUT2D eigenvalue weighted by atomic mass is 16.3. The molecule has 1 N–H and O–H groups in total. The summed E-state index contributed by atoms with van der Waals surface area (Å²) in [4.78, 5) is 0. The third-order valence-corrected chi connectivity index (χ3v) is 3.81. The van der Waals surface area contributed by atoms with Crippen LogP contribution in [0.1, 0.15) is 56.9 Å². The Morgan fingerprint density at radius 1 is 1.53 bits per heavy atom. The molecule has 0 aromatic carbocycles. The van der Waals surface area contributed by atoms with Crippen molar-refractivity contribution >= 4 is 0 Å². The molecule has 1 fully saturated rings. The van der Waals surface area contributed by atoms with Gasteiger partial charge in [0.1, 0.15) is 5.76 Å². The predicted octanol–water partition coefficient (Wildman–Crippen LogP) is 3.57. The summed E-state index contributed by atoms with van der Waals surface area (Å²) < 4.78 is 5.52. The summed E-state index contributed by atoms with van der Waals surface area (Å²) in [5.74, 6) is 1.09. The Labute approximate surface area is 92.1 Å². The van der Waals surface area contributed by atoms with E-state index in [0.29, 0.717) is 11.6 Å². The topological polar surface area (TPSA) is 25.2 Å². The molecular weight excluding hydrogens is 186 g/mol. The quantitative estimate of drug-likeness (QED) is 0.816. The molecule has 1 unspecified atom stereocenters. The van der Waals surface area contributed by atoms with Crippen LogP contribution in [0.5, 0.6) is 0 Å². The first-order chi connectivity index (χ1) is 7.17. The SMILES string of the molecule is CCC1(NC(C)c2occc2C)CCC1.